The van der Waals surface area contributed by atoms with Crippen LogP contribution in [-0.4, -0.2) is 12.0 Å². The van der Waals surface area contributed by atoms with Gasteiger partial charge < -0.3 is 5.32 Å². The number of aromatic nitrogens is 1. The highest BCUT2D eigenvalue weighted by molar-refractivity contribution is 5.59. The van der Waals surface area contributed by atoms with Crippen molar-refractivity contribution in [3.63, 3.8) is 0 Å². The molecule has 0 saturated heterocycles. The van der Waals surface area contributed by atoms with Crippen molar-refractivity contribution in [3.8, 4) is 11.3 Å². The summed E-state index contributed by atoms with van der Waals surface area (Å²) < 4.78 is 26.2. The van der Waals surface area contributed by atoms with Crippen molar-refractivity contribution < 1.29 is 8.78 Å². The van der Waals surface area contributed by atoms with Gasteiger partial charge in [-0.2, -0.15) is 0 Å². The Morgan fingerprint density at radius 3 is 2.47 bits per heavy atom. The second-order valence-electron chi connectivity index (χ2n) is 3.74. The van der Waals surface area contributed by atoms with E-state index in [1.165, 1.54) is 12.1 Å². The second-order valence-corrected chi connectivity index (χ2v) is 3.74. The normalized spacial score (nSPS) is 10.5. The quantitative estimate of drug-likeness (QED) is 0.883. The lowest BCUT2D eigenvalue weighted by Crippen LogP contribution is -2.05. The fraction of sp³-hybridized carbons (Fsp3) is 0.154. The summed E-state index contributed by atoms with van der Waals surface area (Å²) in [7, 11) is 1.84. The van der Waals surface area contributed by atoms with Gasteiger partial charge in [0, 0.05) is 24.4 Å². The van der Waals surface area contributed by atoms with E-state index < -0.39 is 11.6 Å². The van der Waals surface area contributed by atoms with Gasteiger partial charge in [0.1, 0.15) is 11.6 Å². The zero-order chi connectivity index (χ0) is 12.3. The van der Waals surface area contributed by atoms with E-state index in [0.717, 1.165) is 11.6 Å². The Morgan fingerprint density at radius 1 is 1.12 bits per heavy atom. The number of pyridine rings is 1. The number of hydrogen-bond donors (Lipinski definition) is 1. The smallest absolute Gasteiger partial charge is 0.126 e. The molecular formula is C13H12F2N2. The van der Waals surface area contributed by atoms with Gasteiger partial charge in [0.2, 0.25) is 0 Å². The molecule has 0 saturated carbocycles. The molecule has 0 aliphatic heterocycles. The third-order valence-electron chi connectivity index (χ3n) is 2.36. The van der Waals surface area contributed by atoms with Crippen LogP contribution in [0.4, 0.5) is 8.78 Å². The Morgan fingerprint density at radius 2 is 1.82 bits per heavy atom. The minimum absolute atomic E-state index is 0.445. The summed E-state index contributed by atoms with van der Waals surface area (Å²) >= 11 is 0. The summed E-state index contributed by atoms with van der Waals surface area (Å²) in [5.74, 6) is -1.19. The lowest BCUT2D eigenvalue weighted by Gasteiger charge is -2.04. The van der Waals surface area contributed by atoms with Crippen LogP contribution >= 0.6 is 0 Å². The Balaban J connectivity index is 2.41. The molecule has 2 aromatic rings. The minimum Gasteiger partial charge on any atom is -0.316 e. The van der Waals surface area contributed by atoms with Gasteiger partial charge in [0.25, 0.3) is 0 Å². The standard InChI is InChI=1S/C13H12F2N2/c1-16-8-9-2-3-17-13(4-9)10-5-11(14)7-12(15)6-10/h2-7,16H,8H2,1H3. The van der Waals surface area contributed by atoms with Gasteiger partial charge in [-0.25, -0.2) is 8.78 Å². The minimum atomic E-state index is -0.596. The van der Waals surface area contributed by atoms with E-state index in [0.29, 0.717) is 17.8 Å². The molecule has 0 spiro atoms. The average molecular weight is 234 g/mol. The van der Waals surface area contributed by atoms with Gasteiger partial charge in [-0.3, -0.25) is 4.98 Å². The van der Waals surface area contributed by atoms with Crippen LogP contribution in [0, 0.1) is 11.6 Å². The van der Waals surface area contributed by atoms with Crippen molar-refractivity contribution in [1.82, 2.24) is 10.3 Å². The summed E-state index contributed by atoms with van der Waals surface area (Å²) in [6.07, 6.45) is 1.63. The van der Waals surface area contributed by atoms with Crippen molar-refractivity contribution in [1.29, 1.82) is 0 Å². The molecule has 0 amide bonds. The summed E-state index contributed by atoms with van der Waals surface area (Å²) in [5, 5.41) is 3.01. The van der Waals surface area contributed by atoms with Crippen LogP contribution in [0.3, 0.4) is 0 Å². The Labute approximate surface area is 98.3 Å². The molecule has 0 unspecified atom stereocenters. The van der Waals surface area contributed by atoms with Crippen molar-refractivity contribution in [2.45, 2.75) is 6.54 Å². The van der Waals surface area contributed by atoms with E-state index in [2.05, 4.69) is 10.3 Å². The maximum Gasteiger partial charge on any atom is 0.126 e. The fourth-order valence-corrected chi connectivity index (χ4v) is 1.65. The first-order chi connectivity index (χ1) is 8.19. The number of hydrogen-bond acceptors (Lipinski definition) is 2. The number of halogens is 2. The van der Waals surface area contributed by atoms with E-state index in [1.54, 1.807) is 6.20 Å². The molecule has 88 valence electrons. The van der Waals surface area contributed by atoms with Crippen LogP contribution in [0.15, 0.2) is 36.5 Å². The van der Waals surface area contributed by atoms with E-state index in [-0.39, 0.29) is 0 Å². The molecular weight excluding hydrogens is 222 g/mol. The lowest BCUT2D eigenvalue weighted by molar-refractivity contribution is 0.584. The van der Waals surface area contributed by atoms with E-state index in [9.17, 15) is 8.78 Å². The highest BCUT2D eigenvalue weighted by Gasteiger charge is 2.05. The fourth-order valence-electron chi connectivity index (χ4n) is 1.65. The third-order valence-corrected chi connectivity index (χ3v) is 2.36. The highest BCUT2D eigenvalue weighted by atomic mass is 19.1. The van der Waals surface area contributed by atoms with Gasteiger partial charge in [0.05, 0.1) is 5.69 Å². The SMILES string of the molecule is CNCc1ccnc(-c2cc(F)cc(F)c2)c1. The predicted molar refractivity (Wildman–Crippen MR) is 62.4 cm³/mol. The number of benzene rings is 1. The van der Waals surface area contributed by atoms with Crippen LogP contribution < -0.4 is 5.32 Å². The molecule has 17 heavy (non-hydrogen) atoms. The van der Waals surface area contributed by atoms with Crippen molar-refractivity contribution in [3.05, 3.63) is 53.7 Å². The zero-order valence-corrected chi connectivity index (χ0v) is 9.37. The van der Waals surface area contributed by atoms with Crippen molar-refractivity contribution in [2.75, 3.05) is 7.05 Å². The Hall–Kier alpha value is -1.81. The van der Waals surface area contributed by atoms with Gasteiger partial charge in [-0.05, 0) is 36.9 Å². The second kappa shape index (κ2) is 5.01. The lowest BCUT2D eigenvalue weighted by atomic mass is 10.1. The first-order valence-corrected chi connectivity index (χ1v) is 5.25. The predicted octanol–water partition coefficient (Wildman–Crippen LogP) is 2.75. The highest BCUT2D eigenvalue weighted by Crippen LogP contribution is 2.20. The van der Waals surface area contributed by atoms with Crippen LogP contribution in [-0.2, 0) is 6.54 Å². The molecule has 2 rings (SSSR count). The first kappa shape index (κ1) is 11.7. The van der Waals surface area contributed by atoms with Gasteiger partial charge >= 0.3 is 0 Å². The molecule has 0 aliphatic carbocycles. The van der Waals surface area contributed by atoms with Crippen molar-refractivity contribution >= 4 is 0 Å². The Bertz CT molecular complexity index is 506. The summed E-state index contributed by atoms with van der Waals surface area (Å²) in [5.41, 5.74) is 2.03. The molecule has 1 aromatic carbocycles. The van der Waals surface area contributed by atoms with Crippen LogP contribution in [0.25, 0.3) is 11.3 Å². The van der Waals surface area contributed by atoms with E-state index in [1.807, 2.05) is 19.2 Å². The summed E-state index contributed by atoms with van der Waals surface area (Å²) in [4.78, 5) is 4.11. The maximum atomic E-state index is 13.1. The first-order valence-electron chi connectivity index (χ1n) is 5.25. The molecule has 1 N–H and O–H groups in total. The number of nitrogens with zero attached hydrogens (tertiary/aromatic N) is 1. The van der Waals surface area contributed by atoms with Gasteiger partial charge in [-0.1, -0.05) is 0 Å². The van der Waals surface area contributed by atoms with Crippen LogP contribution in [0.2, 0.25) is 0 Å². The van der Waals surface area contributed by atoms with Crippen LogP contribution in [0.1, 0.15) is 5.56 Å². The third kappa shape index (κ3) is 2.85. The molecule has 0 radical (unpaired) electrons. The average Bonchev–Trinajstić information content (AvgIpc) is 2.28. The van der Waals surface area contributed by atoms with E-state index >= 15 is 0 Å². The van der Waals surface area contributed by atoms with Gasteiger partial charge in [0.15, 0.2) is 0 Å². The monoisotopic (exact) mass is 234 g/mol. The van der Waals surface area contributed by atoms with Gasteiger partial charge in [-0.15, -0.1) is 0 Å². The molecule has 0 bridgehead atoms. The molecule has 1 aromatic heterocycles. The zero-order valence-electron chi connectivity index (χ0n) is 9.37. The molecule has 0 atom stereocenters. The maximum absolute atomic E-state index is 13.1. The summed E-state index contributed by atoms with van der Waals surface area (Å²) in [6, 6.07) is 7.06. The molecule has 4 heteroatoms. The number of nitrogens with one attached hydrogen (secondary N) is 1. The molecule has 0 fully saturated rings. The molecule has 0 aliphatic rings. The number of rotatable bonds is 3. The van der Waals surface area contributed by atoms with Crippen molar-refractivity contribution in [2.24, 2.45) is 0 Å². The largest absolute Gasteiger partial charge is 0.316 e. The topological polar surface area (TPSA) is 24.9 Å². The summed E-state index contributed by atoms with van der Waals surface area (Å²) in [6.45, 7) is 0.688. The molecule has 2 nitrogen and oxygen atoms in total. The van der Waals surface area contributed by atoms with Crippen LogP contribution in [0.5, 0.6) is 0 Å². The molecule has 1 heterocycles. The van der Waals surface area contributed by atoms with E-state index in [4.69, 9.17) is 0 Å². The Kier molecular flexibility index (Phi) is 3.44.